The zero-order chi connectivity index (χ0) is 18.2. The summed E-state index contributed by atoms with van der Waals surface area (Å²) in [4.78, 5) is 0. The van der Waals surface area contributed by atoms with Gasteiger partial charge in [0.1, 0.15) is 0 Å². The maximum atomic E-state index is 9.63. The van der Waals surface area contributed by atoms with E-state index in [0.717, 1.165) is 32.1 Å². The summed E-state index contributed by atoms with van der Waals surface area (Å²) in [5.41, 5.74) is 5.65. The van der Waals surface area contributed by atoms with E-state index < -0.39 is 0 Å². The van der Waals surface area contributed by atoms with E-state index in [4.69, 9.17) is 15.2 Å². The molecule has 0 aromatic heterocycles. The van der Waals surface area contributed by atoms with E-state index in [9.17, 15) is 5.11 Å². The van der Waals surface area contributed by atoms with Gasteiger partial charge < -0.3 is 20.3 Å². The lowest BCUT2D eigenvalue weighted by Crippen LogP contribution is -2.31. The van der Waals surface area contributed by atoms with Crippen molar-refractivity contribution in [1.82, 2.24) is 0 Å². The molecule has 24 heavy (non-hydrogen) atoms. The fraction of sp³-hybridized carbons (Fsp3) is 1.00. The Morgan fingerprint density at radius 1 is 0.792 bits per heavy atom. The quantitative estimate of drug-likeness (QED) is 0.383. The molecule has 0 rings (SSSR count). The normalized spacial score (nSPS) is 16.8. The first kappa shape index (κ1) is 23.8. The minimum absolute atomic E-state index is 0.0996. The molecule has 0 radical (unpaired) electrons. The number of aliphatic hydroxyl groups excluding tert-OH is 1. The second-order valence-electron chi connectivity index (χ2n) is 7.19. The van der Waals surface area contributed by atoms with E-state index in [1.165, 1.54) is 44.9 Å². The Bertz CT molecular complexity index is 257. The third-order valence-corrected chi connectivity index (χ3v) is 5.03. The minimum atomic E-state index is -0.329. The van der Waals surface area contributed by atoms with Crippen LogP contribution in [0.15, 0.2) is 0 Å². The van der Waals surface area contributed by atoms with Crippen molar-refractivity contribution in [3.8, 4) is 0 Å². The maximum Gasteiger partial charge on any atom is 0.0688 e. The van der Waals surface area contributed by atoms with Gasteiger partial charge in [-0.2, -0.15) is 0 Å². The molecule has 0 aromatic carbocycles. The van der Waals surface area contributed by atoms with E-state index in [1.54, 1.807) is 7.11 Å². The van der Waals surface area contributed by atoms with Crippen LogP contribution in [0.25, 0.3) is 0 Å². The molecule has 0 saturated heterocycles. The third kappa shape index (κ3) is 13.2. The first-order chi connectivity index (χ1) is 11.5. The van der Waals surface area contributed by atoms with Gasteiger partial charge in [-0.15, -0.1) is 0 Å². The summed E-state index contributed by atoms with van der Waals surface area (Å²) < 4.78 is 11.0. The summed E-state index contributed by atoms with van der Waals surface area (Å²) in [5, 5.41) is 9.63. The molecule has 4 nitrogen and oxygen atoms in total. The van der Waals surface area contributed by atoms with Crippen molar-refractivity contribution in [2.45, 2.75) is 115 Å². The van der Waals surface area contributed by atoms with E-state index in [-0.39, 0.29) is 12.1 Å². The van der Waals surface area contributed by atoms with Gasteiger partial charge in [0.15, 0.2) is 0 Å². The van der Waals surface area contributed by atoms with Crippen LogP contribution in [0.2, 0.25) is 0 Å². The minimum Gasteiger partial charge on any atom is -0.392 e. The fourth-order valence-electron chi connectivity index (χ4n) is 3.10. The monoisotopic (exact) mass is 345 g/mol. The molecule has 0 fully saturated rings. The van der Waals surface area contributed by atoms with Crippen LogP contribution in [0.3, 0.4) is 0 Å². The van der Waals surface area contributed by atoms with Gasteiger partial charge in [0.25, 0.3) is 0 Å². The van der Waals surface area contributed by atoms with Crippen LogP contribution >= 0.6 is 0 Å². The van der Waals surface area contributed by atoms with E-state index in [1.807, 2.05) is 14.0 Å². The highest BCUT2D eigenvalue weighted by atomic mass is 16.5. The Labute approximate surface area is 150 Å². The molecule has 3 N–H and O–H groups in total. The Kier molecular flexibility index (Phi) is 16.2. The van der Waals surface area contributed by atoms with Crippen molar-refractivity contribution in [1.29, 1.82) is 0 Å². The molecule has 0 amide bonds. The molecule has 0 spiro atoms. The summed E-state index contributed by atoms with van der Waals surface area (Å²) in [6.45, 7) is 4.04. The summed E-state index contributed by atoms with van der Waals surface area (Å²) in [5.74, 6) is 0. The highest BCUT2D eigenvalue weighted by Gasteiger charge is 2.14. The molecule has 4 atom stereocenters. The lowest BCUT2D eigenvalue weighted by Gasteiger charge is -2.20. The van der Waals surface area contributed by atoms with Gasteiger partial charge in [0, 0.05) is 20.3 Å². The largest absolute Gasteiger partial charge is 0.392 e. The van der Waals surface area contributed by atoms with Crippen LogP contribution in [-0.4, -0.2) is 43.7 Å². The first-order valence-electron chi connectivity index (χ1n) is 10.0. The Balaban J connectivity index is 3.43. The zero-order valence-corrected chi connectivity index (χ0v) is 16.6. The van der Waals surface area contributed by atoms with Gasteiger partial charge in [-0.05, 0) is 32.6 Å². The van der Waals surface area contributed by atoms with Crippen molar-refractivity contribution >= 4 is 0 Å². The molecule has 0 aliphatic carbocycles. The summed E-state index contributed by atoms with van der Waals surface area (Å²) in [7, 11) is 3.60. The molecular formula is C20H43NO3. The highest BCUT2D eigenvalue weighted by molar-refractivity contribution is 4.66. The summed E-state index contributed by atoms with van der Waals surface area (Å²) >= 11 is 0. The number of ether oxygens (including phenoxy) is 2. The first-order valence-corrected chi connectivity index (χ1v) is 10.0. The average Bonchev–Trinajstić information content (AvgIpc) is 2.58. The summed E-state index contributed by atoms with van der Waals surface area (Å²) in [6, 6.07) is -0.0996. The van der Waals surface area contributed by atoms with Gasteiger partial charge in [0.05, 0.1) is 18.3 Å². The van der Waals surface area contributed by atoms with E-state index in [2.05, 4.69) is 6.92 Å². The molecule has 4 unspecified atom stereocenters. The van der Waals surface area contributed by atoms with Gasteiger partial charge in [-0.25, -0.2) is 0 Å². The number of aliphatic hydroxyl groups is 1. The fourth-order valence-corrected chi connectivity index (χ4v) is 3.10. The van der Waals surface area contributed by atoms with Crippen molar-refractivity contribution in [2.75, 3.05) is 14.2 Å². The number of methoxy groups -OCH3 is 2. The van der Waals surface area contributed by atoms with E-state index in [0.29, 0.717) is 12.2 Å². The number of rotatable bonds is 17. The predicted octanol–water partition coefficient (Wildman–Crippen LogP) is 4.43. The predicted molar refractivity (Wildman–Crippen MR) is 102 cm³/mol. The van der Waals surface area contributed by atoms with Gasteiger partial charge >= 0.3 is 0 Å². The number of hydrogen-bond acceptors (Lipinski definition) is 4. The van der Waals surface area contributed by atoms with Crippen molar-refractivity contribution in [2.24, 2.45) is 5.73 Å². The lowest BCUT2D eigenvalue weighted by molar-refractivity contribution is 0.0164. The van der Waals surface area contributed by atoms with Crippen molar-refractivity contribution in [3.05, 3.63) is 0 Å². The highest BCUT2D eigenvalue weighted by Crippen LogP contribution is 2.16. The molecule has 4 heteroatoms. The number of unbranched alkanes of at least 4 members (excludes halogenated alkanes) is 7. The zero-order valence-electron chi connectivity index (χ0n) is 16.6. The molecule has 0 aromatic rings. The van der Waals surface area contributed by atoms with Gasteiger partial charge in [0.2, 0.25) is 0 Å². The molecule has 146 valence electrons. The lowest BCUT2D eigenvalue weighted by atomic mass is 10.0. The van der Waals surface area contributed by atoms with Crippen LogP contribution < -0.4 is 5.73 Å². The van der Waals surface area contributed by atoms with Crippen molar-refractivity contribution < 1.29 is 14.6 Å². The smallest absolute Gasteiger partial charge is 0.0688 e. The molecule has 0 saturated carbocycles. The molecule has 0 heterocycles. The average molecular weight is 346 g/mol. The molecule has 0 aliphatic heterocycles. The SMILES string of the molecule is CCC(CC(CCCCCCCCCCC(O)C(C)N)OC)OC. The van der Waals surface area contributed by atoms with Crippen LogP contribution in [0.4, 0.5) is 0 Å². The third-order valence-electron chi connectivity index (χ3n) is 5.03. The Morgan fingerprint density at radius 3 is 1.67 bits per heavy atom. The van der Waals surface area contributed by atoms with Crippen molar-refractivity contribution in [3.63, 3.8) is 0 Å². The van der Waals surface area contributed by atoms with Crippen LogP contribution in [0.1, 0.15) is 90.9 Å². The van der Waals surface area contributed by atoms with Gasteiger partial charge in [-0.1, -0.05) is 58.3 Å². The van der Waals surface area contributed by atoms with Gasteiger partial charge in [-0.3, -0.25) is 0 Å². The number of hydrogen-bond donors (Lipinski definition) is 2. The molecular weight excluding hydrogens is 302 g/mol. The molecule has 0 aliphatic rings. The Morgan fingerprint density at radius 2 is 1.25 bits per heavy atom. The maximum absolute atomic E-state index is 9.63. The van der Waals surface area contributed by atoms with E-state index >= 15 is 0 Å². The van der Waals surface area contributed by atoms with Crippen LogP contribution in [-0.2, 0) is 9.47 Å². The second kappa shape index (κ2) is 16.3. The summed E-state index contributed by atoms with van der Waals surface area (Å²) in [6.07, 6.45) is 14.5. The van der Waals surface area contributed by atoms with Crippen LogP contribution in [0, 0.1) is 0 Å². The van der Waals surface area contributed by atoms with Crippen LogP contribution in [0.5, 0.6) is 0 Å². The Hall–Kier alpha value is -0.160. The topological polar surface area (TPSA) is 64.7 Å². The molecule has 0 bridgehead atoms. The second-order valence-corrected chi connectivity index (χ2v) is 7.19. The standard InChI is InChI=1S/C20H43NO3/c1-5-18(23-3)16-19(24-4)14-12-10-8-6-7-9-11-13-15-20(22)17(2)21/h17-20,22H,5-16,21H2,1-4H3. The number of nitrogens with two attached hydrogens (primary N) is 1.